The SMILES string of the molecule is CCn1c(S[C@@H](C#N)Cc2ccc(C)cc2)nnc1N1CCOCC1. The lowest BCUT2D eigenvalue weighted by Gasteiger charge is -2.27. The van der Waals surface area contributed by atoms with Crippen molar-refractivity contribution in [1.82, 2.24) is 14.8 Å². The summed E-state index contributed by atoms with van der Waals surface area (Å²) in [5.74, 6) is 0.875. The molecule has 0 bridgehead atoms. The molecular weight excluding hydrogens is 334 g/mol. The highest BCUT2D eigenvalue weighted by atomic mass is 32.2. The molecule has 132 valence electrons. The van der Waals surface area contributed by atoms with E-state index in [-0.39, 0.29) is 5.25 Å². The highest BCUT2D eigenvalue weighted by Gasteiger charge is 2.22. The third kappa shape index (κ3) is 4.33. The Hall–Kier alpha value is -2.04. The van der Waals surface area contributed by atoms with Crippen LogP contribution in [-0.4, -0.2) is 46.3 Å². The van der Waals surface area contributed by atoms with Gasteiger partial charge in [-0.2, -0.15) is 5.26 Å². The first-order chi connectivity index (χ1) is 12.2. The molecule has 0 saturated carbocycles. The first-order valence-electron chi connectivity index (χ1n) is 8.59. The van der Waals surface area contributed by atoms with E-state index in [2.05, 4.69) is 63.8 Å². The van der Waals surface area contributed by atoms with E-state index in [9.17, 15) is 5.26 Å². The molecule has 1 aliphatic rings. The fourth-order valence-electron chi connectivity index (χ4n) is 2.82. The maximum Gasteiger partial charge on any atom is 0.228 e. The molecule has 0 N–H and O–H groups in total. The second-order valence-corrected chi connectivity index (χ2v) is 7.22. The van der Waals surface area contributed by atoms with E-state index in [4.69, 9.17) is 4.74 Å². The van der Waals surface area contributed by atoms with Gasteiger partial charge in [0.25, 0.3) is 0 Å². The molecule has 0 unspecified atom stereocenters. The van der Waals surface area contributed by atoms with Crippen molar-refractivity contribution in [3.63, 3.8) is 0 Å². The lowest BCUT2D eigenvalue weighted by Crippen LogP contribution is -2.38. The van der Waals surface area contributed by atoms with Gasteiger partial charge in [0.15, 0.2) is 5.16 Å². The van der Waals surface area contributed by atoms with Crippen LogP contribution in [0.3, 0.4) is 0 Å². The number of benzene rings is 1. The molecule has 1 aromatic carbocycles. The predicted octanol–water partition coefficient (Wildman–Crippen LogP) is 2.67. The number of ether oxygens (including phenoxy) is 1. The van der Waals surface area contributed by atoms with Gasteiger partial charge in [0.1, 0.15) is 5.25 Å². The molecule has 1 fully saturated rings. The standard InChI is InChI=1S/C18H23N5OS/c1-3-23-17(22-8-10-24-11-9-22)20-21-18(23)25-16(13-19)12-15-6-4-14(2)5-7-15/h4-7,16H,3,8-12H2,1-2H3/t16-/m1/s1. The molecule has 25 heavy (non-hydrogen) atoms. The number of rotatable bonds is 6. The van der Waals surface area contributed by atoms with Gasteiger partial charge in [-0.05, 0) is 25.8 Å². The molecule has 2 heterocycles. The van der Waals surface area contributed by atoms with E-state index in [1.165, 1.54) is 22.9 Å². The molecule has 2 aromatic rings. The quantitative estimate of drug-likeness (QED) is 0.741. The summed E-state index contributed by atoms with van der Waals surface area (Å²) >= 11 is 1.49. The predicted molar refractivity (Wildman–Crippen MR) is 98.9 cm³/mol. The minimum atomic E-state index is -0.185. The zero-order valence-electron chi connectivity index (χ0n) is 14.7. The van der Waals surface area contributed by atoms with Crippen LogP contribution < -0.4 is 4.90 Å². The summed E-state index contributed by atoms with van der Waals surface area (Å²) in [5, 5.41) is 18.9. The maximum atomic E-state index is 9.57. The van der Waals surface area contributed by atoms with Gasteiger partial charge in [-0.1, -0.05) is 41.6 Å². The molecule has 0 amide bonds. The summed E-state index contributed by atoms with van der Waals surface area (Å²) in [6.07, 6.45) is 0.699. The lowest BCUT2D eigenvalue weighted by molar-refractivity contribution is 0.121. The Morgan fingerprint density at radius 3 is 2.60 bits per heavy atom. The van der Waals surface area contributed by atoms with Crippen LogP contribution in [0.1, 0.15) is 18.1 Å². The van der Waals surface area contributed by atoms with Crippen molar-refractivity contribution < 1.29 is 4.74 Å². The molecule has 0 radical (unpaired) electrons. The molecule has 7 heteroatoms. The van der Waals surface area contributed by atoms with Gasteiger partial charge in [0.2, 0.25) is 5.95 Å². The Bertz CT molecular complexity index is 731. The molecule has 3 rings (SSSR count). The number of hydrogen-bond donors (Lipinski definition) is 0. The average Bonchev–Trinajstić information content (AvgIpc) is 3.06. The monoisotopic (exact) mass is 357 g/mol. The van der Waals surface area contributed by atoms with Crippen LogP contribution >= 0.6 is 11.8 Å². The van der Waals surface area contributed by atoms with Gasteiger partial charge in [-0.3, -0.25) is 4.57 Å². The zero-order chi connectivity index (χ0) is 17.6. The van der Waals surface area contributed by atoms with Crippen molar-refractivity contribution in [1.29, 1.82) is 5.26 Å². The smallest absolute Gasteiger partial charge is 0.228 e. The fraction of sp³-hybridized carbons (Fsp3) is 0.500. The Morgan fingerprint density at radius 2 is 1.96 bits per heavy atom. The number of aryl methyl sites for hydroxylation is 1. The summed E-state index contributed by atoms with van der Waals surface area (Å²) in [6.45, 7) is 8.02. The van der Waals surface area contributed by atoms with Gasteiger partial charge in [0.05, 0.1) is 19.3 Å². The minimum Gasteiger partial charge on any atom is -0.378 e. The Morgan fingerprint density at radius 1 is 1.24 bits per heavy atom. The summed E-state index contributed by atoms with van der Waals surface area (Å²) in [7, 11) is 0. The number of morpholine rings is 1. The number of anilines is 1. The van der Waals surface area contributed by atoms with Gasteiger partial charge in [0, 0.05) is 19.6 Å². The van der Waals surface area contributed by atoms with Gasteiger partial charge in [-0.15, -0.1) is 10.2 Å². The second kappa shape index (κ2) is 8.37. The number of nitriles is 1. The Labute approximate surface area is 152 Å². The normalized spacial score (nSPS) is 15.8. The van der Waals surface area contributed by atoms with Crippen LogP contribution in [0.5, 0.6) is 0 Å². The van der Waals surface area contributed by atoms with Crippen LogP contribution in [-0.2, 0) is 17.7 Å². The molecule has 6 nitrogen and oxygen atoms in total. The Balaban J connectivity index is 1.73. The van der Waals surface area contributed by atoms with Crippen molar-refractivity contribution >= 4 is 17.7 Å². The van der Waals surface area contributed by atoms with E-state index in [0.29, 0.717) is 19.6 Å². The fourth-order valence-corrected chi connectivity index (χ4v) is 3.83. The summed E-state index contributed by atoms with van der Waals surface area (Å²) in [5.41, 5.74) is 2.39. The van der Waals surface area contributed by atoms with Gasteiger partial charge >= 0.3 is 0 Å². The molecule has 1 aliphatic heterocycles. The Kier molecular flexibility index (Phi) is 5.95. The molecular formula is C18H23N5OS. The van der Waals surface area contributed by atoms with Crippen LogP contribution in [0.2, 0.25) is 0 Å². The van der Waals surface area contributed by atoms with E-state index in [1.54, 1.807) is 0 Å². The second-order valence-electron chi connectivity index (χ2n) is 6.05. The summed E-state index contributed by atoms with van der Waals surface area (Å²) < 4.78 is 7.50. The van der Waals surface area contributed by atoms with Crippen LogP contribution in [0.25, 0.3) is 0 Å². The number of thioether (sulfide) groups is 1. The summed E-state index contributed by atoms with van der Waals surface area (Å²) in [6, 6.07) is 10.7. The van der Waals surface area contributed by atoms with Crippen molar-refractivity contribution in [3.05, 3.63) is 35.4 Å². The van der Waals surface area contributed by atoms with Gasteiger partial charge in [-0.25, -0.2) is 0 Å². The van der Waals surface area contributed by atoms with E-state index < -0.39 is 0 Å². The third-order valence-corrected chi connectivity index (χ3v) is 5.31. The van der Waals surface area contributed by atoms with Crippen molar-refractivity contribution in [2.75, 3.05) is 31.2 Å². The number of aromatic nitrogens is 3. The molecule has 0 aliphatic carbocycles. The highest BCUT2D eigenvalue weighted by molar-refractivity contribution is 8.00. The van der Waals surface area contributed by atoms with Crippen LogP contribution in [0, 0.1) is 18.3 Å². The first kappa shape index (κ1) is 17.8. The molecule has 1 saturated heterocycles. The topological polar surface area (TPSA) is 67.0 Å². The molecule has 1 atom stereocenters. The van der Waals surface area contributed by atoms with Crippen LogP contribution in [0.4, 0.5) is 5.95 Å². The number of nitrogens with zero attached hydrogens (tertiary/aromatic N) is 5. The minimum absolute atomic E-state index is 0.185. The number of hydrogen-bond acceptors (Lipinski definition) is 6. The summed E-state index contributed by atoms with van der Waals surface area (Å²) in [4.78, 5) is 2.20. The third-order valence-electron chi connectivity index (χ3n) is 4.24. The largest absolute Gasteiger partial charge is 0.378 e. The molecule has 1 aromatic heterocycles. The van der Waals surface area contributed by atoms with E-state index >= 15 is 0 Å². The van der Waals surface area contributed by atoms with Crippen molar-refractivity contribution in [2.45, 2.75) is 37.2 Å². The first-order valence-corrected chi connectivity index (χ1v) is 9.47. The molecule has 0 spiro atoms. The lowest BCUT2D eigenvalue weighted by atomic mass is 10.1. The van der Waals surface area contributed by atoms with Crippen molar-refractivity contribution in [2.24, 2.45) is 0 Å². The van der Waals surface area contributed by atoms with Crippen molar-refractivity contribution in [3.8, 4) is 6.07 Å². The van der Waals surface area contributed by atoms with Crippen LogP contribution in [0.15, 0.2) is 29.4 Å². The maximum absolute atomic E-state index is 9.57. The van der Waals surface area contributed by atoms with Gasteiger partial charge < -0.3 is 9.64 Å². The average molecular weight is 357 g/mol. The highest BCUT2D eigenvalue weighted by Crippen LogP contribution is 2.27. The van der Waals surface area contributed by atoms with E-state index in [1.807, 2.05) is 0 Å². The van der Waals surface area contributed by atoms with E-state index in [0.717, 1.165) is 30.7 Å². The zero-order valence-corrected chi connectivity index (χ0v) is 15.5.